The largest absolute Gasteiger partial charge is 0.398 e. The highest BCUT2D eigenvalue weighted by atomic mass is 79.9. The van der Waals surface area contributed by atoms with E-state index < -0.39 is 0 Å². The van der Waals surface area contributed by atoms with E-state index in [-0.39, 0.29) is 5.78 Å². The van der Waals surface area contributed by atoms with Gasteiger partial charge in [0.25, 0.3) is 0 Å². The number of rotatable bonds is 1. The molecule has 1 heterocycles. The minimum absolute atomic E-state index is 0.178. The van der Waals surface area contributed by atoms with Gasteiger partial charge in [0, 0.05) is 15.7 Å². The van der Waals surface area contributed by atoms with E-state index in [1.165, 1.54) is 11.3 Å². The van der Waals surface area contributed by atoms with Crippen molar-refractivity contribution in [3.05, 3.63) is 50.6 Å². The van der Waals surface area contributed by atoms with Crippen LogP contribution in [0.2, 0.25) is 0 Å². The number of Topliss-reactive ketones (excluding diaryl/α,β-unsaturated/α-hetero) is 1. The second-order valence-electron chi connectivity index (χ2n) is 3.29. The lowest BCUT2D eigenvalue weighted by Crippen LogP contribution is -1.92. The first-order valence-corrected chi connectivity index (χ1v) is 6.49. The van der Waals surface area contributed by atoms with Crippen LogP contribution < -0.4 is 5.73 Å². The summed E-state index contributed by atoms with van der Waals surface area (Å²) in [4.78, 5) is 12.3. The first-order valence-electron chi connectivity index (χ1n) is 4.81. The smallest absolute Gasteiger partial charge is 0.246 e. The van der Waals surface area contributed by atoms with E-state index in [2.05, 4.69) is 27.8 Å². The van der Waals surface area contributed by atoms with Crippen molar-refractivity contribution in [2.45, 2.75) is 0 Å². The first-order chi connectivity index (χ1) is 8.16. The molecule has 0 aliphatic heterocycles. The maximum absolute atomic E-state index is 11.6. The van der Waals surface area contributed by atoms with Crippen molar-refractivity contribution < 1.29 is 4.79 Å². The number of ketones is 1. The molecule has 4 heteroatoms. The summed E-state index contributed by atoms with van der Waals surface area (Å²) in [6, 6.07) is 8.98. The molecule has 2 aromatic rings. The van der Waals surface area contributed by atoms with E-state index in [1.807, 2.05) is 17.5 Å². The van der Waals surface area contributed by atoms with Crippen molar-refractivity contribution in [2.24, 2.45) is 0 Å². The number of hydrogen-bond donors (Lipinski definition) is 1. The average Bonchev–Trinajstić information content (AvgIpc) is 2.81. The third-order valence-electron chi connectivity index (χ3n) is 2.07. The SMILES string of the molecule is Nc1cc(Br)ccc1C#CC(=O)c1cccs1. The molecule has 0 fully saturated rings. The van der Waals surface area contributed by atoms with E-state index in [4.69, 9.17) is 5.73 Å². The summed E-state index contributed by atoms with van der Waals surface area (Å²) < 4.78 is 0.894. The Morgan fingerprint density at radius 1 is 1.35 bits per heavy atom. The van der Waals surface area contributed by atoms with Crippen LogP contribution in [0.3, 0.4) is 0 Å². The molecule has 1 aromatic carbocycles. The molecule has 0 radical (unpaired) electrons. The Hall–Kier alpha value is -1.57. The Kier molecular flexibility index (Phi) is 3.62. The minimum Gasteiger partial charge on any atom is -0.398 e. The monoisotopic (exact) mass is 305 g/mol. The molecule has 0 aliphatic carbocycles. The molecular formula is C13H8BrNOS. The standard InChI is InChI=1S/C13H8BrNOS/c14-10-5-3-9(11(15)8-10)4-6-12(16)13-2-1-7-17-13/h1-3,5,7-8H,15H2. The fourth-order valence-electron chi connectivity index (χ4n) is 1.24. The van der Waals surface area contributed by atoms with Crippen LogP contribution >= 0.6 is 27.3 Å². The van der Waals surface area contributed by atoms with Gasteiger partial charge in [0.15, 0.2) is 0 Å². The van der Waals surface area contributed by atoms with Crippen molar-refractivity contribution >= 4 is 38.7 Å². The van der Waals surface area contributed by atoms with Crippen molar-refractivity contribution in [2.75, 3.05) is 5.73 Å². The van der Waals surface area contributed by atoms with Gasteiger partial charge in [0.05, 0.1) is 4.88 Å². The zero-order valence-electron chi connectivity index (χ0n) is 8.74. The normalized spacial score (nSPS) is 9.47. The van der Waals surface area contributed by atoms with Crippen LogP contribution in [-0.4, -0.2) is 5.78 Å². The van der Waals surface area contributed by atoms with Crippen molar-refractivity contribution in [3.8, 4) is 11.8 Å². The maximum atomic E-state index is 11.6. The van der Waals surface area contributed by atoms with E-state index in [9.17, 15) is 4.79 Å². The quantitative estimate of drug-likeness (QED) is 0.499. The lowest BCUT2D eigenvalue weighted by molar-refractivity contribution is 0.106. The second-order valence-corrected chi connectivity index (χ2v) is 5.15. The van der Waals surface area contributed by atoms with Crippen LogP contribution in [0.15, 0.2) is 40.2 Å². The molecule has 0 saturated carbocycles. The second kappa shape index (κ2) is 5.17. The molecule has 0 atom stereocenters. The number of thiophene rings is 1. The Morgan fingerprint density at radius 2 is 2.18 bits per heavy atom. The Balaban J connectivity index is 2.25. The zero-order chi connectivity index (χ0) is 12.3. The third-order valence-corrected chi connectivity index (χ3v) is 3.43. The molecule has 2 nitrogen and oxygen atoms in total. The number of nitrogens with two attached hydrogens (primary N) is 1. The summed E-state index contributed by atoms with van der Waals surface area (Å²) in [6.07, 6.45) is 0. The lowest BCUT2D eigenvalue weighted by Gasteiger charge is -1.97. The molecule has 0 unspecified atom stereocenters. The van der Waals surface area contributed by atoms with Gasteiger partial charge in [0.1, 0.15) is 0 Å². The number of benzene rings is 1. The summed E-state index contributed by atoms with van der Waals surface area (Å²) in [5.74, 6) is 5.20. The number of halogens is 1. The molecule has 0 saturated heterocycles. The van der Waals surface area contributed by atoms with Gasteiger partial charge in [-0.25, -0.2) is 0 Å². The number of carbonyl (C=O) groups excluding carboxylic acids is 1. The number of hydrogen-bond acceptors (Lipinski definition) is 3. The van der Waals surface area contributed by atoms with Crippen LogP contribution in [0.1, 0.15) is 15.2 Å². The molecule has 0 spiro atoms. The third kappa shape index (κ3) is 2.96. The Labute approximate surface area is 112 Å². The topological polar surface area (TPSA) is 43.1 Å². The minimum atomic E-state index is -0.178. The summed E-state index contributed by atoms with van der Waals surface area (Å²) in [7, 11) is 0. The van der Waals surface area contributed by atoms with Gasteiger partial charge in [-0.2, -0.15) is 0 Å². The van der Waals surface area contributed by atoms with Crippen molar-refractivity contribution in [1.29, 1.82) is 0 Å². The van der Waals surface area contributed by atoms with Crippen molar-refractivity contribution in [1.82, 2.24) is 0 Å². The molecular weight excluding hydrogens is 298 g/mol. The van der Waals surface area contributed by atoms with Gasteiger partial charge < -0.3 is 5.73 Å². The summed E-state index contributed by atoms with van der Waals surface area (Å²) >= 11 is 4.70. The molecule has 0 aliphatic rings. The van der Waals surface area contributed by atoms with Gasteiger partial charge in [0.2, 0.25) is 5.78 Å². The van der Waals surface area contributed by atoms with Crippen LogP contribution in [0.4, 0.5) is 5.69 Å². The van der Waals surface area contributed by atoms with Crippen LogP contribution in [-0.2, 0) is 0 Å². The predicted octanol–water partition coefficient (Wildman–Crippen LogP) is 3.33. The Bertz CT molecular complexity index is 608. The van der Waals surface area contributed by atoms with Gasteiger partial charge in [-0.05, 0) is 35.6 Å². The molecule has 0 amide bonds. The molecule has 17 heavy (non-hydrogen) atoms. The van der Waals surface area contributed by atoms with E-state index >= 15 is 0 Å². The highest BCUT2D eigenvalue weighted by molar-refractivity contribution is 9.10. The van der Waals surface area contributed by atoms with E-state index in [0.717, 1.165) is 4.47 Å². The maximum Gasteiger partial charge on any atom is 0.246 e. The highest BCUT2D eigenvalue weighted by Gasteiger charge is 2.02. The molecule has 2 N–H and O–H groups in total. The fourth-order valence-corrected chi connectivity index (χ4v) is 2.24. The van der Waals surface area contributed by atoms with Gasteiger partial charge in [-0.1, -0.05) is 27.9 Å². The number of nitrogen functional groups attached to an aromatic ring is 1. The van der Waals surface area contributed by atoms with Gasteiger partial charge in [-0.3, -0.25) is 4.79 Å². The molecule has 0 bridgehead atoms. The van der Waals surface area contributed by atoms with E-state index in [1.54, 1.807) is 18.2 Å². The number of anilines is 1. The number of carbonyl (C=O) groups is 1. The van der Waals surface area contributed by atoms with Crippen molar-refractivity contribution in [3.63, 3.8) is 0 Å². The lowest BCUT2D eigenvalue weighted by atomic mass is 10.2. The zero-order valence-corrected chi connectivity index (χ0v) is 11.1. The average molecular weight is 306 g/mol. The Morgan fingerprint density at radius 3 is 2.82 bits per heavy atom. The predicted molar refractivity (Wildman–Crippen MR) is 74.1 cm³/mol. The first kappa shape index (κ1) is 11.9. The summed E-state index contributed by atoms with van der Waals surface area (Å²) in [5, 5.41) is 1.85. The van der Waals surface area contributed by atoms with Crippen LogP contribution in [0.25, 0.3) is 0 Å². The fraction of sp³-hybridized carbons (Fsp3) is 0. The van der Waals surface area contributed by atoms with E-state index in [0.29, 0.717) is 16.1 Å². The molecule has 84 valence electrons. The van der Waals surface area contributed by atoms with Crippen LogP contribution in [0.5, 0.6) is 0 Å². The van der Waals surface area contributed by atoms with Crippen LogP contribution in [0, 0.1) is 11.8 Å². The molecule has 1 aromatic heterocycles. The molecule has 2 rings (SSSR count). The highest BCUT2D eigenvalue weighted by Crippen LogP contribution is 2.17. The summed E-state index contributed by atoms with van der Waals surface area (Å²) in [5.41, 5.74) is 7.01. The summed E-state index contributed by atoms with van der Waals surface area (Å²) in [6.45, 7) is 0. The van der Waals surface area contributed by atoms with Gasteiger partial charge in [-0.15, -0.1) is 11.3 Å². The van der Waals surface area contributed by atoms with Gasteiger partial charge >= 0.3 is 0 Å².